The minimum atomic E-state index is -1.26. The first-order chi connectivity index (χ1) is 16.1. The maximum atomic E-state index is 12.6. The normalized spacial score (nSPS) is 13.1. The summed E-state index contributed by atoms with van der Waals surface area (Å²) in [6.45, 7) is 7.31. The summed E-state index contributed by atoms with van der Waals surface area (Å²) in [6.07, 6.45) is 0.477. The van der Waals surface area contributed by atoms with Crippen LogP contribution >= 0.6 is 0 Å². The quantitative estimate of drug-likeness (QED) is 0.465. The standard InChI is InChI=1S/C27H34N2O5/c1-5-27(6-2,24(31)32)28-23(30)15-16-26(3,4)29-25(33)34-17-22-20-13-9-7-11-18(20)19-12-8-10-14-21(19)22/h7-14,22H,5-6,15-17H2,1-4H3,(H,28,30)(H,29,33)(H,31,32). The average molecular weight is 467 g/mol. The Bertz CT molecular complexity index is 1010. The van der Waals surface area contributed by atoms with Gasteiger partial charge in [0.15, 0.2) is 0 Å². The minimum absolute atomic E-state index is 0.0285. The smallest absolute Gasteiger partial charge is 0.407 e. The SMILES string of the molecule is CCC(CC)(NC(=O)CCC(C)(C)NC(=O)OCC1c2ccccc2-c2ccccc21)C(=O)O. The summed E-state index contributed by atoms with van der Waals surface area (Å²) in [5, 5.41) is 15.0. The molecule has 0 aromatic heterocycles. The zero-order chi connectivity index (χ0) is 24.9. The Labute approximate surface area is 200 Å². The van der Waals surface area contributed by atoms with Crippen molar-refractivity contribution in [1.29, 1.82) is 0 Å². The van der Waals surface area contributed by atoms with Gasteiger partial charge in [-0.05, 0) is 55.4 Å². The number of nitrogens with one attached hydrogen (secondary N) is 2. The number of carbonyl (C=O) groups excluding carboxylic acids is 2. The van der Waals surface area contributed by atoms with E-state index in [1.54, 1.807) is 13.8 Å². The summed E-state index contributed by atoms with van der Waals surface area (Å²) >= 11 is 0. The number of fused-ring (bicyclic) bond motifs is 3. The molecule has 0 atom stereocenters. The molecule has 1 aliphatic rings. The van der Waals surface area contributed by atoms with Crippen molar-refractivity contribution in [3.8, 4) is 11.1 Å². The fraction of sp³-hybridized carbons (Fsp3) is 0.444. The zero-order valence-corrected chi connectivity index (χ0v) is 20.3. The molecule has 0 aliphatic heterocycles. The highest BCUT2D eigenvalue weighted by molar-refractivity contribution is 5.87. The molecule has 7 nitrogen and oxygen atoms in total. The van der Waals surface area contributed by atoms with E-state index in [2.05, 4.69) is 34.9 Å². The fourth-order valence-electron chi connectivity index (χ4n) is 4.51. The van der Waals surface area contributed by atoms with E-state index in [0.717, 1.165) is 22.3 Å². The molecular weight excluding hydrogens is 432 g/mol. The second-order valence-electron chi connectivity index (χ2n) is 9.48. The lowest BCUT2D eigenvalue weighted by Crippen LogP contribution is -2.54. The molecule has 2 amide bonds. The van der Waals surface area contributed by atoms with Crippen molar-refractivity contribution < 1.29 is 24.2 Å². The Morgan fingerprint density at radius 2 is 1.44 bits per heavy atom. The van der Waals surface area contributed by atoms with Crippen LogP contribution in [0.25, 0.3) is 11.1 Å². The van der Waals surface area contributed by atoms with Gasteiger partial charge < -0.3 is 20.5 Å². The molecule has 7 heteroatoms. The first-order valence-electron chi connectivity index (χ1n) is 11.8. The molecule has 2 aromatic carbocycles. The van der Waals surface area contributed by atoms with Crippen LogP contribution in [0.3, 0.4) is 0 Å². The third-order valence-corrected chi connectivity index (χ3v) is 6.76. The Hall–Kier alpha value is -3.35. The van der Waals surface area contributed by atoms with Gasteiger partial charge in [-0.1, -0.05) is 62.4 Å². The van der Waals surface area contributed by atoms with Crippen molar-refractivity contribution >= 4 is 18.0 Å². The van der Waals surface area contributed by atoms with E-state index in [1.165, 1.54) is 0 Å². The number of rotatable bonds is 10. The maximum Gasteiger partial charge on any atom is 0.407 e. The highest BCUT2D eigenvalue weighted by Gasteiger charge is 2.36. The summed E-state index contributed by atoms with van der Waals surface area (Å²) in [7, 11) is 0. The molecule has 3 N–H and O–H groups in total. The topological polar surface area (TPSA) is 105 Å². The molecular formula is C27H34N2O5. The number of aliphatic carboxylic acids is 1. The number of carboxylic acids is 1. The van der Waals surface area contributed by atoms with Gasteiger partial charge in [0, 0.05) is 17.9 Å². The molecule has 3 rings (SSSR count). The van der Waals surface area contributed by atoms with Gasteiger partial charge in [0.1, 0.15) is 12.1 Å². The molecule has 34 heavy (non-hydrogen) atoms. The number of benzene rings is 2. The predicted molar refractivity (Wildman–Crippen MR) is 131 cm³/mol. The van der Waals surface area contributed by atoms with Crippen LogP contribution in [0.15, 0.2) is 48.5 Å². The van der Waals surface area contributed by atoms with E-state index < -0.39 is 23.1 Å². The number of carbonyl (C=O) groups is 3. The largest absolute Gasteiger partial charge is 0.480 e. The molecule has 0 spiro atoms. The maximum absolute atomic E-state index is 12.6. The van der Waals surface area contributed by atoms with E-state index in [-0.39, 0.29) is 24.9 Å². The van der Waals surface area contributed by atoms with Gasteiger partial charge >= 0.3 is 12.1 Å². The number of carboxylic acid groups (broad SMARTS) is 1. The summed E-state index contributed by atoms with van der Waals surface area (Å²) in [5.41, 5.74) is 2.64. The molecule has 0 fully saturated rings. The summed E-state index contributed by atoms with van der Waals surface area (Å²) in [4.78, 5) is 36.6. The zero-order valence-electron chi connectivity index (χ0n) is 20.3. The van der Waals surface area contributed by atoms with E-state index in [9.17, 15) is 19.5 Å². The average Bonchev–Trinajstić information content (AvgIpc) is 3.13. The monoisotopic (exact) mass is 466 g/mol. The van der Waals surface area contributed by atoms with Gasteiger partial charge in [-0.3, -0.25) is 4.79 Å². The van der Waals surface area contributed by atoms with Crippen molar-refractivity contribution in [3.05, 3.63) is 59.7 Å². The number of amides is 2. The van der Waals surface area contributed by atoms with Gasteiger partial charge in [0.05, 0.1) is 0 Å². The number of ether oxygens (including phenoxy) is 1. The van der Waals surface area contributed by atoms with E-state index in [1.807, 2.05) is 38.1 Å². The van der Waals surface area contributed by atoms with Gasteiger partial charge in [-0.2, -0.15) is 0 Å². The molecule has 0 saturated heterocycles. The number of alkyl carbamates (subject to hydrolysis) is 1. The van der Waals surface area contributed by atoms with Gasteiger partial charge in [0.25, 0.3) is 0 Å². The lowest BCUT2D eigenvalue weighted by molar-refractivity contribution is -0.148. The van der Waals surface area contributed by atoms with Crippen LogP contribution in [-0.2, 0) is 14.3 Å². The molecule has 2 aromatic rings. The van der Waals surface area contributed by atoms with E-state index >= 15 is 0 Å². The Morgan fingerprint density at radius 3 is 1.94 bits per heavy atom. The molecule has 0 unspecified atom stereocenters. The highest BCUT2D eigenvalue weighted by Crippen LogP contribution is 2.44. The Kier molecular flexibility index (Phi) is 7.64. The van der Waals surface area contributed by atoms with Gasteiger partial charge in [0.2, 0.25) is 5.91 Å². The second-order valence-corrected chi connectivity index (χ2v) is 9.48. The van der Waals surface area contributed by atoms with Crippen LogP contribution in [0, 0.1) is 0 Å². The first-order valence-corrected chi connectivity index (χ1v) is 11.8. The lowest BCUT2D eigenvalue weighted by Gasteiger charge is -2.30. The Balaban J connectivity index is 1.55. The van der Waals surface area contributed by atoms with Crippen LogP contribution in [-0.4, -0.2) is 40.8 Å². The van der Waals surface area contributed by atoms with Crippen molar-refractivity contribution in [2.75, 3.05) is 6.61 Å². The van der Waals surface area contributed by atoms with E-state index in [0.29, 0.717) is 19.3 Å². The fourth-order valence-corrected chi connectivity index (χ4v) is 4.51. The van der Waals surface area contributed by atoms with Crippen LogP contribution in [0.2, 0.25) is 0 Å². The second kappa shape index (κ2) is 10.3. The number of hydrogen-bond acceptors (Lipinski definition) is 4. The van der Waals surface area contributed by atoms with Crippen molar-refractivity contribution in [3.63, 3.8) is 0 Å². The van der Waals surface area contributed by atoms with E-state index in [4.69, 9.17) is 4.74 Å². The first kappa shape index (κ1) is 25.3. The van der Waals surface area contributed by atoms with Crippen molar-refractivity contribution in [1.82, 2.24) is 10.6 Å². The van der Waals surface area contributed by atoms with Crippen LogP contribution < -0.4 is 10.6 Å². The van der Waals surface area contributed by atoms with Crippen LogP contribution in [0.4, 0.5) is 4.79 Å². The Morgan fingerprint density at radius 1 is 0.912 bits per heavy atom. The minimum Gasteiger partial charge on any atom is -0.480 e. The third kappa shape index (κ3) is 5.41. The molecule has 0 radical (unpaired) electrons. The lowest BCUT2D eigenvalue weighted by atomic mass is 9.92. The van der Waals surface area contributed by atoms with Crippen molar-refractivity contribution in [2.24, 2.45) is 0 Å². The summed E-state index contributed by atoms with van der Waals surface area (Å²) in [5.74, 6) is -1.42. The van der Waals surface area contributed by atoms with Crippen LogP contribution in [0.5, 0.6) is 0 Å². The van der Waals surface area contributed by atoms with Crippen molar-refractivity contribution in [2.45, 2.75) is 70.4 Å². The van der Waals surface area contributed by atoms with Gasteiger partial charge in [-0.25, -0.2) is 9.59 Å². The molecule has 182 valence electrons. The summed E-state index contributed by atoms with van der Waals surface area (Å²) < 4.78 is 5.60. The molecule has 0 bridgehead atoms. The highest BCUT2D eigenvalue weighted by atomic mass is 16.5. The third-order valence-electron chi connectivity index (χ3n) is 6.76. The molecule has 0 saturated carbocycles. The molecule has 0 heterocycles. The number of hydrogen-bond donors (Lipinski definition) is 3. The van der Waals surface area contributed by atoms with Crippen LogP contribution in [0.1, 0.15) is 70.4 Å². The predicted octanol–water partition coefficient (Wildman–Crippen LogP) is 4.84. The molecule has 1 aliphatic carbocycles. The summed E-state index contributed by atoms with van der Waals surface area (Å²) in [6, 6.07) is 16.3. The van der Waals surface area contributed by atoms with Gasteiger partial charge in [-0.15, -0.1) is 0 Å².